The van der Waals surface area contributed by atoms with Crippen molar-refractivity contribution in [2.45, 2.75) is 39.3 Å². The van der Waals surface area contributed by atoms with E-state index in [0.717, 1.165) is 41.5 Å². The summed E-state index contributed by atoms with van der Waals surface area (Å²) in [5, 5.41) is 3.27. The summed E-state index contributed by atoms with van der Waals surface area (Å²) < 4.78 is 0. The lowest BCUT2D eigenvalue weighted by Gasteiger charge is -2.26. The Morgan fingerprint density at radius 3 is 3.00 bits per heavy atom. The molecule has 1 aliphatic rings. The van der Waals surface area contributed by atoms with Crippen molar-refractivity contribution in [2.24, 2.45) is 0 Å². The van der Waals surface area contributed by atoms with E-state index in [9.17, 15) is 4.79 Å². The van der Waals surface area contributed by atoms with Gasteiger partial charge in [0.2, 0.25) is 5.95 Å². The first-order valence-corrected chi connectivity index (χ1v) is 7.95. The highest BCUT2D eigenvalue weighted by Crippen LogP contribution is 2.22. The van der Waals surface area contributed by atoms with Crippen LogP contribution in [0.4, 0.5) is 5.95 Å². The number of aromatic amines is 1. The van der Waals surface area contributed by atoms with Gasteiger partial charge in [-0.3, -0.25) is 14.7 Å². The van der Waals surface area contributed by atoms with Gasteiger partial charge in [-0.15, -0.1) is 11.3 Å². The molecule has 0 atom stereocenters. The Kier molecular flexibility index (Phi) is 3.77. The van der Waals surface area contributed by atoms with Crippen molar-refractivity contribution in [2.75, 3.05) is 12.3 Å². The summed E-state index contributed by atoms with van der Waals surface area (Å²) in [5.74, 6) is 0.661. The summed E-state index contributed by atoms with van der Waals surface area (Å²) in [4.78, 5) is 25.6. The number of nitrogens with zero attached hydrogens (tertiary/aromatic N) is 3. The summed E-state index contributed by atoms with van der Waals surface area (Å²) in [6, 6.07) is 0. The molecule has 1 aliphatic heterocycles. The lowest BCUT2D eigenvalue weighted by atomic mass is 10.1. The molecule has 112 valence electrons. The Morgan fingerprint density at radius 1 is 1.48 bits per heavy atom. The molecule has 0 amide bonds. The maximum Gasteiger partial charge on any atom is 0.257 e. The molecule has 0 radical (unpaired) electrons. The molecule has 0 aromatic carbocycles. The third-order valence-corrected chi connectivity index (χ3v) is 4.81. The van der Waals surface area contributed by atoms with Gasteiger partial charge in [0.1, 0.15) is 0 Å². The molecular formula is C14H19N5OS. The van der Waals surface area contributed by atoms with Crippen LogP contribution in [0.5, 0.6) is 0 Å². The van der Waals surface area contributed by atoms with Gasteiger partial charge < -0.3 is 5.73 Å². The number of hydrogen-bond donors (Lipinski definition) is 2. The fraction of sp³-hybridized carbons (Fsp3) is 0.500. The van der Waals surface area contributed by atoms with E-state index in [1.54, 1.807) is 11.3 Å². The molecule has 0 bridgehead atoms. The highest BCUT2D eigenvalue weighted by molar-refractivity contribution is 7.09. The van der Waals surface area contributed by atoms with Crippen molar-refractivity contribution >= 4 is 17.3 Å². The van der Waals surface area contributed by atoms with Crippen LogP contribution in [-0.2, 0) is 19.5 Å². The van der Waals surface area contributed by atoms with E-state index in [2.05, 4.69) is 39.1 Å². The number of hydrogen-bond acceptors (Lipinski definition) is 6. The molecule has 0 unspecified atom stereocenters. The molecular weight excluding hydrogens is 286 g/mol. The number of nitrogens with two attached hydrogens (primary N) is 1. The molecule has 0 aliphatic carbocycles. The Hall–Kier alpha value is -1.73. The van der Waals surface area contributed by atoms with Gasteiger partial charge in [-0.25, -0.2) is 9.97 Å². The maximum atomic E-state index is 12.0. The highest BCUT2D eigenvalue weighted by Gasteiger charge is 2.21. The zero-order valence-electron chi connectivity index (χ0n) is 12.2. The van der Waals surface area contributed by atoms with E-state index in [1.807, 2.05) is 0 Å². The van der Waals surface area contributed by atoms with Crippen LogP contribution in [0.3, 0.4) is 0 Å². The minimum Gasteiger partial charge on any atom is -0.369 e. The molecule has 0 spiro atoms. The number of thiazole rings is 1. The van der Waals surface area contributed by atoms with Gasteiger partial charge in [0.25, 0.3) is 5.56 Å². The summed E-state index contributed by atoms with van der Waals surface area (Å²) in [6.07, 6.45) is 0.755. The quantitative estimate of drug-likeness (QED) is 0.897. The summed E-state index contributed by atoms with van der Waals surface area (Å²) in [6.45, 7) is 6.54. The molecule has 3 rings (SSSR count). The summed E-state index contributed by atoms with van der Waals surface area (Å²) in [5.41, 5.74) is 8.10. The van der Waals surface area contributed by atoms with Crippen LogP contribution in [-0.4, -0.2) is 26.4 Å². The molecule has 2 aromatic heterocycles. The van der Waals surface area contributed by atoms with Gasteiger partial charge >= 0.3 is 0 Å². The Balaban J connectivity index is 1.75. The van der Waals surface area contributed by atoms with Crippen LogP contribution in [0.2, 0.25) is 0 Å². The molecule has 2 aromatic rings. The second-order valence-electron chi connectivity index (χ2n) is 5.67. The van der Waals surface area contributed by atoms with E-state index in [-0.39, 0.29) is 11.5 Å². The zero-order valence-corrected chi connectivity index (χ0v) is 13.0. The number of nitrogens with one attached hydrogen (secondary N) is 1. The molecule has 0 fully saturated rings. The first-order chi connectivity index (χ1) is 10.0. The third kappa shape index (κ3) is 2.98. The fourth-order valence-corrected chi connectivity index (χ4v) is 3.35. The van der Waals surface area contributed by atoms with Crippen LogP contribution in [0.15, 0.2) is 10.2 Å². The van der Waals surface area contributed by atoms with Crippen LogP contribution >= 0.6 is 11.3 Å². The molecule has 3 N–H and O–H groups in total. The molecule has 0 saturated heterocycles. The predicted octanol–water partition coefficient (Wildman–Crippen LogP) is 1.49. The standard InChI is InChI=1S/C14H19N5OS/c1-8(2)13-16-9(7-21-13)5-19-4-3-11-10(6-19)12(20)18-14(15)17-11/h7-8H,3-6H2,1-2H3,(H3,15,17,18,20). The van der Waals surface area contributed by atoms with Crippen molar-refractivity contribution in [1.29, 1.82) is 0 Å². The topological polar surface area (TPSA) is 87.9 Å². The number of rotatable bonds is 3. The van der Waals surface area contributed by atoms with Crippen LogP contribution in [0, 0.1) is 0 Å². The second-order valence-corrected chi connectivity index (χ2v) is 6.56. The van der Waals surface area contributed by atoms with Crippen molar-refractivity contribution < 1.29 is 0 Å². The lowest BCUT2D eigenvalue weighted by Crippen LogP contribution is -2.35. The van der Waals surface area contributed by atoms with Crippen molar-refractivity contribution in [3.05, 3.63) is 37.7 Å². The highest BCUT2D eigenvalue weighted by atomic mass is 32.1. The average molecular weight is 305 g/mol. The molecule has 3 heterocycles. The first-order valence-electron chi connectivity index (χ1n) is 7.07. The minimum absolute atomic E-state index is 0.122. The predicted molar refractivity (Wildman–Crippen MR) is 83.3 cm³/mol. The molecule has 6 nitrogen and oxygen atoms in total. The van der Waals surface area contributed by atoms with Crippen LogP contribution in [0.1, 0.15) is 41.7 Å². The van der Waals surface area contributed by atoms with Crippen LogP contribution in [0.25, 0.3) is 0 Å². The van der Waals surface area contributed by atoms with Crippen molar-refractivity contribution in [1.82, 2.24) is 19.9 Å². The van der Waals surface area contributed by atoms with Gasteiger partial charge in [0.05, 0.1) is 22.0 Å². The number of nitrogen functional groups attached to an aromatic ring is 1. The molecule has 0 saturated carbocycles. The monoisotopic (exact) mass is 305 g/mol. The number of aromatic nitrogens is 3. The first kappa shape index (κ1) is 14.2. The third-order valence-electron chi connectivity index (χ3n) is 3.62. The van der Waals surface area contributed by atoms with Gasteiger partial charge in [-0.1, -0.05) is 13.8 Å². The van der Waals surface area contributed by atoms with E-state index >= 15 is 0 Å². The minimum atomic E-state index is -0.122. The Morgan fingerprint density at radius 2 is 2.29 bits per heavy atom. The number of anilines is 1. The van der Waals surface area contributed by atoms with Gasteiger partial charge in [-0.05, 0) is 0 Å². The smallest absolute Gasteiger partial charge is 0.257 e. The van der Waals surface area contributed by atoms with E-state index in [1.165, 1.54) is 0 Å². The SMILES string of the molecule is CC(C)c1nc(CN2CCc3nc(N)[nH]c(=O)c3C2)cs1. The number of fused-ring (bicyclic) bond motifs is 1. The van der Waals surface area contributed by atoms with Crippen molar-refractivity contribution in [3.63, 3.8) is 0 Å². The number of H-pyrrole nitrogens is 1. The van der Waals surface area contributed by atoms with Crippen LogP contribution < -0.4 is 11.3 Å². The largest absolute Gasteiger partial charge is 0.369 e. The average Bonchev–Trinajstić information content (AvgIpc) is 2.88. The van der Waals surface area contributed by atoms with Gasteiger partial charge in [-0.2, -0.15) is 0 Å². The Labute approximate surface area is 127 Å². The van der Waals surface area contributed by atoms with E-state index < -0.39 is 0 Å². The van der Waals surface area contributed by atoms with Crippen molar-refractivity contribution in [3.8, 4) is 0 Å². The van der Waals surface area contributed by atoms with Gasteiger partial charge in [0, 0.05) is 37.4 Å². The summed E-state index contributed by atoms with van der Waals surface area (Å²) >= 11 is 1.70. The zero-order chi connectivity index (χ0) is 15.0. The fourth-order valence-electron chi connectivity index (χ4n) is 2.52. The maximum absolute atomic E-state index is 12.0. The normalized spacial score (nSPS) is 15.4. The molecule has 7 heteroatoms. The molecule has 21 heavy (non-hydrogen) atoms. The Bertz CT molecular complexity index is 706. The second kappa shape index (κ2) is 5.57. The van der Waals surface area contributed by atoms with E-state index in [0.29, 0.717) is 12.5 Å². The summed E-state index contributed by atoms with van der Waals surface area (Å²) in [7, 11) is 0. The lowest BCUT2D eigenvalue weighted by molar-refractivity contribution is 0.239. The van der Waals surface area contributed by atoms with E-state index in [4.69, 9.17) is 5.73 Å². The van der Waals surface area contributed by atoms with Gasteiger partial charge in [0.15, 0.2) is 0 Å².